The van der Waals surface area contributed by atoms with Crippen LogP contribution < -0.4 is 0 Å². The van der Waals surface area contributed by atoms with Gasteiger partial charge in [0, 0.05) is 11.3 Å². The molecule has 0 saturated carbocycles. The standard InChI is InChI=1S/C13H15NO5/c1-10(15)7-12(8-14(17)18)13(16)19-9-11-5-3-2-4-6-11/h2-6,12H,7-9H2,1H3. The minimum absolute atomic E-state index is 0.0474. The van der Waals surface area contributed by atoms with Gasteiger partial charge in [0.05, 0.1) is 0 Å². The maximum absolute atomic E-state index is 11.7. The maximum atomic E-state index is 11.7. The summed E-state index contributed by atoms with van der Waals surface area (Å²) in [6.45, 7) is 0.746. The fourth-order valence-electron chi connectivity index (χ4n) is 1.60. The lowest BCUT2D eigenvalue weighted by molar-refractivity contribution is -0.486. The molecule has 0 radical (unpaired) electrons. The van der Waals surface area contributed by atoms with Crippen LogP contribution in [0.1, 0.15) is 18.9 Å². The van der Waals surface area contributed by atoms with Gasteiger partial charge >= 0.3 is 5.97 Å². The Morgan fingerprint density at radius 1 is 1.32 bits per heavy atom. The molecule has 6 heteroatoms. The van der Waals surface area contributed by atoms with Crippen molar-refractivity contribution < 1.29 is 19.2 Å². The first kappa shape index (κ1) is 14.8. The van der Waals surface area contributed by atoms with E-state index in [0.29, 0.717) is 0 Å². The molecule has 0 aliphatic heterocycles. The Kier molecular flexibility index (Phi) is 5.66. The van der Waals surface area contributed by atoms with E-state index in [1.54, 1.807) is 24.3 Å². The molecule has 0 aliphatic rings. The Balaban J connectivity index is 2.56. The van der Waals surface area contributed by atoms with Gasteiger partial charge in [-0.25, -0.2) is 0 Å². The van der Waals surface area contributed by atoms with Crippen LogP contribution in [0.2, 0.25) is 0 Å². The van der Waals surface area contributed by atoms with Crippen molar-refractivity contribution in [2.24, 2.45) is 5.92 Å². The second kappa shape index (κ2) is 7.25. The van der Waals surface area contributed by atoms with E-state index in [1.807, 2.05) is 6.07 Å². The van der Waals surface area contributed by atoms with Crippen molar-refractivity contribution in [2.45, 2.75) is 20.0 Å². The smallest absolute Gasteiger partial charge is 0.316 e. The number of ether oxygens (including phenoxy) is 1. The van der Waals surface area contributed by atoms with Gasteiger partial charge in [0.25, 0.3) is 0 Å². The van der Waals surface area contributed by atoms with Crippen LogP contribution in [0.5, 0.6) is 0 Å². The van der Waals surface area contributed by atoms with Gasteiger partial charge in [-0.05, 0) is 12.5 Å². The Bertz CT molecular complexity index is 441. The summed E-state index contributed by atoms with van der Waals surface area (Å²) in [5.74, 6) is -2.00. The first-order chi connectivity index (χ1) is 8.99. The molecular formula is C13H15NO5. The van der Waals surface area contributed by atoms with Crippen molar-refractivity contribution >= 4 is 11.8 Å². The van der Waals surface area contributed by atoms with Crippen molar-refractivity contribution in [2.75, 3.05) is 6.54 Å². The van der Waals surface area contributed by atoms with Gasteiger partial charge in [-0.1, -0.05) is 30.3 Å². The topological polar surface area (TPSA) is 86.5 Å². The third kappa shape index (κ3) is 5.76. The van der Waals surface area contributed by atoms with E-state index in [-0.39, 0.29) is 18.8 Å². The molecule has 0 aliphatic carbocycles. The molecule has 1 aromatic rings. The summed E-state index contributed by atoms with van der Waals surface area (Å²) in [5.41, 5.74) is 0.790. The molecule has 0 fully saturated rings. The second-order valence-electron chi connectivity index (χ2n) is 4.21. The van der Waals surface area contributed by atoms with Gasteiger partial charge in [-0.2, -0.15) is 0 Å². The number of carbonyl (C=O) groups is 2. The Morgan fingerprint density at radius 2 is 1.95 bits per heavy atom. The largest absolute Gasteiger partial charge is 0.460 e. The molecule has 1 unspecified atom stereocenters. The number of hydrogen-bond donors (Lipinski definition) is 0. The Labute approximate surface area is 110 Å². The molecule has 1 aromatic carbocycles. The van der Waals surface area contributed by atoms with Crippen LogP contribution in [0.4, 0.5) is 0 Å². The van der Waals surface area contributed by atoms with Gasteiger partial charge in [0.15, 0.2) is 0 Å². The molecular weight excluding hydrogens is 250 g/mol. The maximum Gasteiger partial charge on any atom is 0.316 e. The van der Waals surface area contributed by atoms with E-state index < -0.39 is 23.4 Å². The number of nitro groups is 1. The van der Waals surface area contributed by atoms with E-state index in [2.05, 4.69) is 0 Å². The predicted molar refractivity (Wildman–Crippen MR) is 66.9 cm³/mol. The molecule has 6 nitrogen and oxygen atoms in total. The number of Topliss-reactive ketones (excluding diaryl/α,β-unsaturated/α-hetero) is 1. The van der Waals surface area contributed by atoms with Gasteiger partial charge < -0.3 is 4.74 Å². The average Bonchev–Trinajstić information content (AvgIpc) is 2.35. The fourth-order valence-corrected chi connectivity index (χ4v) is 1.60. The quantitative estimate of drug-likeness (QED) is 0.424. The zero-order valence-electron chi connectivity index (χ0n) is 10.6. The first-order valence-electron chi connectivity index (χ1n) is 5.81. The third-order valence-corrected chi connectivity index (χ3v) is 2.46. The molecule has 0 spiro atoms. The molecule has 1 rings (SSSR count). The van der Waals surface area contributed by atoms with Crippen molar-refractivity contribution in [3.8, 4) is 0 Å². The van der Waals surface area contributed by atoms with Crippen molar-refractivity contribution in [1.29, 1.82) is 0 Å². The summed E-state index contributed by atoms with van der Waals surface area (Å²) < 4.78 is 5.00. The third-order valence-electron chi connectivity index (χ3n) is 2.46. The van der Waals surface area contributed by atoms with Crippen LogP contribution >= 0.6 is 0 Å². The summed E-state index contributed by atoms with van der Waals surface area (Å²) in [7, 11) is 0. The summed E-state index contributed by atoms with van der Waals surface area (Å²) >= 11 is 0. The van der Waals surface area contributed by atoms with Crippen LogP contribution in [0.25, 0.3) is 0 Å². The normalized spacial score (nSPS) is 11.6. The Hall–Kier alpha value is -2.24. The molecule has 0 N–H and O–H groups in total. The highest BCUT2D eigenvalue weighted by atomic mass is 16.6. The van der Waals surface area contributed by atoms with E-state index in [4.69, 9.17) is 4.74 Å². The lowest BCUT2D eigenvalue weighted by atomic mass is 10.0. The highest BCUT2D eigenvalue weighted by molar-refractivity contribution is 5.82. The molecule has 19 heavy (non-hydrogen) atoms. The molecule has 0 aromatic heterocycles. The molecule has 0 saturated heterocycles. The number of esters is 1. The lowest BCUT2D eigenvalue weighted by Crippen LogP contribution is -2.27. The minimum atomic E-state index is -1.02. The van der Waals surface area contributed by atoms with Gasteiger partial charge in [-0.3, -0.25) is 19.7 Å². The van der Waals surface area contributed by atoms with Crippen molar-refractivity contribution in [1.82, 2.24) is 0 Å². The van der Waals surface area contributed by atoms with E-state index >= 15 is 0 Å². The van der Waals surface area contributed by atoms with Crippen LogP contribution in [0.3, 0.4) is 0 Å². The van der Waals surface area contributed by atoms with E-state index in [0.717, 1.165) is 5.56 Å². The minimum Gasteiger partial charge on any atom is -0.460 e. The van der Waals surface area contributed by atoms with Crippen molar-refractivity contribution in [3.63, 3.8) is 0 Å². The molecule has 0 amide bonds. The highest BCUT2D eigenvalue weighted by Gasteiger charge is 2.27. The first-order valence-corrected chi connectivity index (χ1v) is 5.81. The van der Waals surface area contributed by atoms with Crippen molar-refractivity contribution in [3.05, 3.63) is 46.0 Å². The van der Waals surface area contributed by atoms with E-state index in [1.165, 1.54) is 6.92 Å². The second-order valence-corrected chi connectivity index (χ2v) is 4.21. The number of hydrogen-bond acceptors (Lipinski definition) is 5. The summed E-state index contributed by atoms with van der Waals surface area (Å²) in [6.07, 6.45) is -0.172. The monoisotopic (exact) mass is 265 g/mol. The zero-order valence-corrected chi connectivity index (χ0v) is 10.6. The molecule has 0 heterocycles. The summed E-state index contributed by atoms with van der Waals surface area (Å²) in [4.78, 5) is 32.5. The number of nitrogens with zero attached hydrogens (tertiary/aromatic N) is 1. The summed E-state index contributed by atoms with van der Waals surface area (Å²) in [6, 6.07) is 8.98. The fraction of sp³-hybridized carbons (Fsp3) is 0.385. The van der Waals surface area contributed by atoms with Crippen LogP contribution in [0, 0.1) is 16.0 Å². The molecule has 102 valence electrons. The summed E-state index contributed by atoms with van der Waals surface area (Å²) in [5, 5.41) is 10.5. The predicted octanol–water partition coefficient (Wildman–Crippen LogP) is 1.60. The lowest BCUT2D eigenvalue weighted by Gasteiger charge is -2.11. The number of rotatable bonds is 7. The Morgan fingerprint density at radius 3 is 2.47 bits per heavy atom. The van der Waals surface area contributed by atoms with Gasteiger partial charge in [0.2, 0.25) is 6.54 Å². The van der Waals surface area contributed by atoms with Crippen LogP contribution in [-0.2, 0) is 20.9 Å². The molecule has 0 bridgehead atoms. The number of benzene rings is 1. The highest BCUT2D eigenvalue weighted by Crippen LogP contribution is 2.10. The van der Waals surface area contributed by atoms with Gasteiger partial charge in [-0.15, -0.1) is 0 Å². The SMILES string of the molecule is CC(=O)CC(C[N+](=O)[O-])C(=O)OCc1ccccc1. The molecule has 1 atom stereocenters. The number of carbonyl (C=O) groups excluding carboxylic acids is 2. The van der Waals surface area contributed by atoms with Crippen LogP contribution in [0.15, 0.2) is 30.3 Å². The van der Waals surface area contributed by atoms with Crippen LogP contribution in [-0.4, -0.2) is 23.2 Å². The van der Waals surface area contributed by atoms with Gasteiger partial charge in [0.1, 0.15) is 18.3 Å². The average molecular weight is 265 g/mol. The van der Waals surface area contributed by atoms with E-state index in [9.17, 15) is 19.7 Å². The number of ketones is 1. The zero-order chi connectivity index (χ0) is 14.3.